The van der Waals surface area contributed by atoms with E-state index in [0.717, 1.165) is 17.7 Å². The van der Waals surface area contributed by atoms with Crippen LogP contribution in [0, 0.1) is 6.92 Å². The summed E-state index contributed by atoms with van der Waals surface area (Å²) in [6.07, 6.45) is 0.962. The van der Waals surface area contributed by atoms with Gasteiger partial charge in [-0.15, -0.1) is 0 Å². The number of carbonyl (C=O) groups is 1. The lowest BCUT2D eigenvalue weighted by molar-refractivity contribution is 0.101. The zero-order valence-electron chi connectivity index (χ0n) is 11.4. The zero-order chi connectivity index (χ0) is 13.7. The van der Waals surface area contributed by atoms with Crippen molar-refractivity contribution < 1.29 is 4.79 Å². The number of para-hydroxylation sites is 1. The Morgan fingerprint density at radius 3 is 2.47 bits per heavy atom. The fourth-order valence-electron chi connectivity index (χ4n) is 2.17. The van der Waals surface area contributed by atoms with Crippen LogP contribution >= 0.6 is 0 Å². The van der Waals surface area contributed by atoms with Crippen molar-refractivity contribution in [3.63, 3.8) is 0 Å². The van der Waals surface area contributed by atoms with E-state index in [9.17, 15) is 4.79 Å². The smallest absolute Gasteiger partial charge is 0.181 e. The van der Waals surface area contributed by atoms with E-state index in [2.05, 4.69) is 37.4 Å². The third kappa shape index (κ3) is 3.22. The topological polar surface area (TPSA) is 29.1 Å². The largest absolute Gasteiger partial charge is 0.377 e. The van der Waals surface area contributed by atoms with Crippen molar-refractivity contribution in [1.82, 2.24) is 0 Å². The van der Waals surface area contributed by atoms with Crippen molar-refractivity contribution in [1.29, 1.82) is 0 Å². The van der Waals surface area contributed by atoms with E-state index in [1.54, 1.807) is 0 Å². The van der Waals surface area contributed by atoms with Crippen molar-refractivity contribution in [2.45, 2.75) is 20.3 Å². The maximum atomic E-state index is 12.1. The van der Waals surface area contributed by atoms with Gasteiger partial charge in [-0.1, -0.05) is 55.5 Å². The molecule has 0 radical (unpaired) electrons. The summed E-state index contributed by atoms with van der Waals surface area (Å²) in [5.74, 6) is 0.117. The Kier molecular flexibility index (Phi) is 4.35. The maximum Gasteiger partial charge on any atom is 0.181 e. The first kappa shape index (κ1) is 13.3. The molecule has 0 saturated carbocycles. The van der Waals surface area contributed by atoms with Crippen LogP contribution < -0.4 is 5.32 Å². The van der Waals surface area contributed by atoms with Gasteiger partial charge in [0.1, 0.15) is 0 Å². The molecule has 0 saturated heterocycles. The molecule has 0 amide bonds. The first-order chi connectivity index (χ1) is 9.22. The quantitative estimate of drug-likeness (QED) is 0.820. The highest BCUT2D eigenvalue weighted by molar-refractivity contribution is 5.99. The van der Waals surface area contributed by atoms with Gasteiger partial charge >= 0.3 is 0 Å². The van der Waals surface area contributed by atoms with Gasteiger partial charge in [-0.25, -0.2) is 0 Å². The number of ketones is 1. The van der Waals surface area contributed by atoms with Gasteiger partial charge in [-0.05, 0) is 24.5 Å². The van der Waals surface area contributed by atoms with E-state index < -0.39 is 0 Å². The number of hydrogen-bond donors (Lipinski definition) is 1. The summed E-state index contributed by atoms with van der Waals surface area (Å²) in [5.41, 5.74) is 4.27. The minimum Gasteiger partial charge on any atom is -0.377 e. The third-order valence-corrected chi connectivity index (χ3v) is 3.26. The molecule has 0 aromatic heterocycles. The van der Waals surface area contributed by atoms with Crippen LogP contribution in [0.5, 0.6) is 0 Å². The predicted molar refractivity (Wildman–Crippen MR) is 79.8 cm³/mol. The normalized spacial score (nSPS) is 10.2. The van der Waals surface area contributed by atoms with Gasteiger partial charge in [0, 0.05) is 11.3 Å². The highest BCUT2D eigenvalue weighted by Gasteiger charge is 2.08. The Balaban J connectivity index is 2.09. The molecule has 0 aliphatic carbocycles. The summed E-state index contributed by atoms with van der Waals surface area (Å²) >= 11 is 0. The zero-order valence-corrected chi connectivity index (χ0v) is 11.4. The van der Waals surface area contributed by atoms with E-state index in [0.29, 0.717) is 6.54 Å². The van der Waals surface area contributed by atoms with E-state index in [1.807, 2.05) is 30.3 Å². The standard InChI is InChI=1S/C17H19NO/c1-3-14-11-7-8-13(2)17(14)18-12-16(19)15-9-5-4-6-10-15/h4-11,18H,3,12H2,1-2H3. The Labute approximate surface area is 114 Å². The van der Waals surface area contributed by atoms with E-state index >= 15 is 0 Å². The molecule has 2 aromatic rings. The predicted octanol–water partition coefficient (Wildman–Crippen LogP) is 3.85. The SMILES string of the molecule is CCc1cccc(C)c1NCC(=O)c1ccccc1. The van der Waals surface area contributed by atoms with E-state index in [4.69, 9.17) is 0 Å². The number of Topliss-reactive ketones (excluding diaryl/α,β-unsaturated/α-hetero) is 1. The molecule has 0 unspecified atom stereocenters. The average molecular weight is 253 g/mol. The Morgan fingerprint density at radius 1 is 1.05 bits per heavy atom. The van der Waals surface area contributed by atoms with Gasteiger partial charge in [0.05, 0.1) is 6.54 Å². The van der Waals surface area contributed by atoms with Crippen molar-refractivity contribution in [2.24, 2.45) is 0 Å². The fourth-order valence-corrected chi connectivity index (χ4v) is 2.17. The number of hydrogen-bond acceptors (Lipinski definition) is 2. The lowest BCUT2D eigenvalue weighted by atomic mass is 10.1. The minimum absolute atomic E-state index is 0.117. The Morgan fingerprint density at radius 2 is 1.79 bits per heavy atom. The number of anilines is 1. The molecule has 19 heavy (non-hydrogen) atoms. The number of carbonyl (C=O) groups excluding carboxylic acids is 1. The molecule has 1 N–H and O–H groups in total. The molecule has 98 valence electrons. The van der Waals surface area contributed by atoms with Crippen molar-refractivity contribution in [2.75, 3.05) is 11.9 Å². The van der Waals surface area contributed by atoms with E-state index in [1.165, 1.54) is 11.1 Å². The van der Waals surface area contributed by atoms with Crippen LogP contribution in [0.15, 0.2) is 48.5 Å². The van der Waals surface area contributed by atoms with Crippen molar-refractivity contribution in [3.05, 3.63) is 65.2 Å². The molecule has 0 spiro atoms. The number of benzene rings is 2. The summed E-state index contributed by atoms with van der Waals surface area (Å²) in [4.78, 5) is 12.1. The summed E-state index contributed by atoms with van der Waals surface area (Å²) in [6, 6.07) is 15.6. The molecule has 2 aromatic carbocycles. The summed E-state index contributed by atoms with van der Waals surface area (Å²) < 4.78 is 0. The van der Waals surface area contributed by atoms with Gasteiger partial charge in [0.25, 0.3) is 0 Å². The third-order valence-electron chi connectivity index (χ3n) is 3.26. The van der Waals surface area contributed by atoms with Gasteiger partial charge < -0.3 is 5.32 Å². The first-order valence-electron chi connectivity index (χ1n) is 6.63. The molecular formula is C17H19NO. The van der Waals surface area contributed by atoms with Crippen molar-refractivity contribution in [3.8, 4) is 0 Å². The Hall–Kier alpha value is -2.09. The molecule has 0 fully saturated rings. The lowest BCUT2D eigenvalue weighted by Gasteiger charge is -2.13. The number of aryl methyl sites for hydroxylation is 2. The minimum atomic E-state index is 0.117. The Bertz CT molecular complexity index is 561. The lowest BCUT2D eigenvalue weighted by Crippen LogP contribution is -2.15. The fraction of sp³-hybridized carbons (Fsp3) is 0.235. The van der Waals surface area contributed by atoms with Gasteiger partial charge in [-0.3, -0.25) is 4.79 Å². The van der Waals surface area contributed by atoms with Crippen LogP contribution in [-0.4, -0.2) is 12.3 Å². The summed E-state index contributed by atoms with van der Waals surface area (Å²) in [7, 11) is 0. The molecule has 0 heterocycles. The second-order valence-corrected chi connectivity index (χ2v) is 4.61. The molecule has 0 aliphatic heterocycles. The molecule has 2 heteroatoms. The molecule has 0 bridgehead atoms. The molecular weight excluding hydrogens is 234 g/mol. The molecule has 0 atom stereocenters. The van der Waals surface area contributed by atoms with Gasteiger partial charge in [0.15, 0.2) is 5.78 Å². The van der Waals surface area contributed by atoms with Crippen LogP contribution in [0.25, 0.3) is 0 Å². The van der Waals surface area contributed by atoms with E-state index in [-0.39, 0.29) is 5.78 Å². The molecule has 2 rings (SSSR count). The second-order valence-electron chi connectivity index (χ2n) is 4.61. The van der Waals surface area contributed by atoms with Crippen LogP contribution in [-0.2, 0) is 6.42 Å². The maximum absolute atomic E-state index is 12.1. The van der Waals surface area contributed by atoms with Crippen LogP contribution in [0.3, 0.4) is 0 Å². The number of nitrogens with one attached hydrogen (secondary N) is 1. The summed E-state index contributed by atoms with van der Waals surface area (Å²) in [6.45, 7) is 4.52. The molecule has 2 nitrogen and oxygen atoms in total. The van der Waals surface area contributed by atoms with Crippen molar-refractivity contribution >= 4 is 11.5 Å². The summed E-state index contributed by atoms with van der Waals surface area (Å²) in [5, 5.41) is 3.28. The molecule has 0 aliphatic rings. The van der Waals surface area contributed by atoms with Crippen LogP contribution in [0.2, 0.25) is 0 Å². The highest BCUT2D eigenvalue weighted by Crippen LogP contribution is 2.20. The highest BCUT2D eigenvalue weighted by atomic mass is 16.1. The average Bonchev–Trinajstić information content (AvgIpc) is 2.46. The second kappa shape index (κ2) is 6.19. The monoisotopic (exact) mass is 253 g/mol. The van der Waals surface area contributed by atoms with Gasteiger partial charge in [0.2, 0.25) is 0 Å². The number of rotatable bonds is 5. The van der Waals surface area contributed by atoms with Gasteiger partial charge in [-0.2, -0.15) is 0 Å². The first-order valence-corrected chi connectivity index (χ1v) is 6.63. The van der Waals surface area contributed by atoms with Crippen LogP contribution in [0.4, 0.5) is 5.69 Å². The van der Waals surface area contributed by atoms with Crippen LogP contribution in [0.1, 0.15) is 28.4 Å².